The van der Waals surface area contributed by atoms with Gasteiger partial charge in [0.05, 0.1) is 18.7 Å². The fourth-order valence-corrected chi connectivity index (χ4v) is 2.19. The number of para-hydroxylation sites is 1. The molecule has 0 fully saturated rings. The summed E-state index contributed by atoms with van der Waals surface area (Å²) in [5.41, 5.74) is 6.71. The zero-order chi connectivity index (χ0) is 16.7. The Morgan fingerprint density at radius 3 is 2.32 bits per heavy atom. The van der Waals surface area contributed by atoms with Crippen molar-refractivity contribution in [2.24, 2.45) is 17.6 Å². The molecule has 0 aliphatic carbocycles. The van der Waals surface area contributed by atoms with E-state index in [1.807, 2.05) is 24.3 Å². The number of carbonyl (C=O) groups is 1. The maximum absolute atomic E-state index is 12.0. The highest BCUT2D eigenvalue weighted by Crippen LogP contribution is 2.30. The molecular weight excluding hydrogens is 276 g/mol. The van der Waals surface area contributed by atoms with Crippen LogP contribution in [-0.4, -0.2) is 18.6 Å². The van der Waals surface area contributed by atoms with Crippen LogP contribution in [0, 0.1) is 11.8 Å². The summed E-state index contributed by atoms with van der Waals surface area (Å²) in [6.07, 6.45) is 0.848. The molecule has 0 aliphatic heterocycles. The van der Waals surface area contributed by atoms with E-state index >= 15 is 0 Å². The monoisotopic (exact) mass is 306 g/mol. The standard InChI is InChI=1S/C18H30N2O2/c1-12(2)10-16(20-18(21)14(5)19)15-8-6-7-9-17(15)22-11-13(3)4/h6-9,12-14,16H,10-11,19H2,1-5H3,(H,20,21)/t14-,16?/m0/s1. The van der Waals surface area contributed by atoms with Crippen LogP contribution in [0.15, 0.2) is 24.3 Å². The van der Waals surface area contributed by atoms with E-state index in [9.17, 15) is 4.79 Å². The van der Waals surface area contributed by atoms with Crippen molar-refractivity contribution >= 4 is 5.91 Å². The molecule has 0 bridgehead atoms. The lowest BCUT2D eigenvalue weighted by Gasteiger charge is -2.24. The number of amides is 1. The van der Waals surface area contributed by atoms with E-state index in [4.69, 9.17) is 10.5 Å². The number of carbonyl (C=O) groups excluding carboxylic acids is 1. The first kappa shape index (κ1) is 18.5. The van der Waals surface area contributed by atoms with Crippen LogP contribution in [0.3, 0.4) is 0 Å². The second-order valence-electron chi connectivity index (χ2n) is 6.72. The Labute approximate surface area is 134 Å². The summed E-state index contributed by atoms with van der Waals surface area (Å²) < 4.78 is 5.92. The van der Waals surface area contributed by atoms with Crippen LogP contribution in [0.4, 0.5) is 0 Å². The van der Waals surface area contributed by atoms with Crippen molar-refractivity contribution < 1.29 is 9.53 Å². The second-order valence-corrected chi connectivity index (χ2v) is 6.72. The average Bonchev–Trinajstić information content (AvgIpc) is 2.44. The van der Waals surface area contributed by atoms with Gasteiger partial charge in [0.1, 0.15) is 5.75 Å². The molecule has 3 N–H and O–H groups in total. The molecule has 1 amide bonds. The molecule has 4 heteroatoms. The highest BCUT2D eigenvalue weighted by Gasteiger charge is 2.21. The summed E-state index contributed by atoms with van der Waals surface area (Å²) in [6.45, 7) is 10.9. The third-order valence-electron chi connectivity index (χ3n) is 3.30. The number of benzene rings is 1. The minimum absolute atomic E-state index is 0.0816. The van der Waals surface area contributed by atoms with Crippen LogP contribution < -0.4 is 15.8 Å². The molecule has 4 nitrogen and oxygen atoms in total. The number of hydrogen-bond donors (Lipinski definition) is 2. The van der Waals surface area contributed by atoms with Crippen LogP contribution in [0.1, 0.15) is 52.6 Å². The van der Waals surface area contributed by atoms with Gasteiger partial charge < -0.3 is 15.8 Å². The van der Waals surface area contributed by atoms with E-state index in [0.717, 1.165) is 17.7 Å². The van der Waals surface area contributed by atoms with Gasteiger partial charge in [-0.1, -0.05) is 45.9 Å². The van der Waals surface area contributed by atoms with Crippen molar-refractivity contribution in [3.05, 3.63) is 29.8 Å². The average molecular weight is 306 g/mol. The normalized spacial score (nSPS) is 14.0. The highest BCUT2D eigenvalue weighted by molar-refractivity contribution is 5.81. The van der Waals surface area contributed by atoms with Gasteiger partial charge in [-0.15, -0.1) is 0 Å². The fraction of sp³-hybridized carbons (Fsp3) is 0.611. The smallest absolute Gasteiger partial charge is 0.237 e. The Kier molecular flexibility index (Phi) is 7.39. The molecule has 0 saturated heterocycles. The lowest BCUT2D eigenvalue weighted by molar-refractivity contribution is -0.122. The molecule has 1 aromatic carbocycles. The van der Waals surface area contributed by atoms with Crippen molar-refractivity contribution in [3.8, 4) is 5.75 Å². The van der Waals surface area contributed by atoms with Crippen LogP contribution in [-0.2, 0) is 4.79 Å². The summed E-state index contributed by atoms with van der Waals surface area (Å²) >= 11 is 0. The summed E-state index contributed by atoms with van der Waals surface area (Å²) in [7, 11) is 0. The number of ether oxygens (including phenoxy) is 1. The highest BCUT2D eigenvalue weighted by atomic mass is 16.5. The Hall–Kier alpha value is -1.55. The molecule has 0 aromatic heterocycles. The first-order chi connectivity index (χ1) is 10.3. The van der Waals surface area contributed by atoms with Gasteiger partial charge in [0.15, 0.2) is 0 Å². The van der Waals surface area contributed by atoms with E-state index in [1.54, 1.807) is 6.92 Å². The Bertz CT molecular complexity index is 470. The lowest BCUT2D eigenvalue weighted by atomic mass is 9.96. The molecule has 1 aromatic rings. The van der Waals surface area contributed by atoms with Gasteiger partial charge in [0.25, 0.3) is 0 Å². The molecular formula is C18H30N2O2. The van der Waals surface area contributed by atoms with E-state index < -0.39 is 6.04 Å². The number of hydrogen-bond acceptors (Lipinski definition) is 3. The van der Waals surface area contributed by atoms with Gasteiger partial charge in [0.2, 0.25) is 5.91 Å². The lowest BCUT2D eigenvalue weighted by Crippen LogP contribution is -2.40. The van der Waals surface area contributed by atoms with Gasteiger partial charge in [-0.3, -0.25) is 4.79 Å². The quantitative estimate of drug-likeness (QED) is 0.774. The second kappa shape index (κ2) is 8.79. The topological polar surface area (TPSA) is 64.3 Å². The van der Waals surface area contributed by atoms with Crippen molar-refractivity contribution in [3.63, 3.8) is 0 Å². The van der Waals surface area contributed by atoms with Crippen LogP contribution >= 0.6 is 0 Å². The number of rotatable bonds is 8. The largest absolute Gasteiger partial charge is 0.493 e. The van der Waals surface area contributed by atoms with E-state index in [1.165, 1.54) is 0 Å². The molecule has 0 heterocycles. The Morgan fingerprint density at radius 2 is 1.77 bits per heavy atom. The minimum Gasteiger partial charge on any atom is -0.493 e. The summed E-state index contributed by atoms with van der Waals surface area (Å²) in [6, 6.07) is 7.31. The van der Waals surface area contributed by atoms with Crippen LogP contribution in [0.2, 0.25) is 0 Å². The fourth-order valence-electron chi connectivity index (χ4n) is 2.19. The van der Waals surface area contributed by atoms with Gasteiger partial charge in [-0.05, 0) is 31.2 Å². The Morgan fingerprint density at radius 1 is 1.14 bits per heavy atom. The first-order valence-corrected chi connectivity index (χ1v) is 8.09. The first-order valence-electron chi connectivity index (χ1n) is 8.09. The van der Waals surface area contributed by atoms with Crippen LogP contribution in [0.25, 0.3) is 0 Å². The maximum Gasteiger partial charge on any atom is 0.237 e. The number of nitrogens with two attached hydrogens (primary N) is 1. The van der Waals surface area contributed by atoms with E-state index in [2.05, 4.69) is 33.0 Å². The molecule has 0 saturated carbocycles. The zero-order valence-electron chi connectivity index (χ0n) is 14.4. The predicted molar refractivity (Wildman–Crippen MR) is 90.8 cm³/mol. The molecule has 0 spiro atoms. The zero-order valence-corrected chi connectivity index (χ0v) is 14.4. The molecule has 1 rings (SSSR count). The third kappa shape index (κ3) is 6.06. The van der Waals surface area contributed by atoms with Gasteiger partial charge in [-0.25, -0.2) is 0 Å². The summed E-state index contributed by atoms with van der Waals surface area (Å²) in [5, 5.41) is 3.05. The summed E-state index contributed by atoms with van der Waals surface area (Å²) in [5.74, 6) is 1.61. The molecule has 0 radical (unpaired) electrons. The third-order valence-corrected chi connectivity index (χ3v) is 3.30. The molecule has 2 atom stereocenters. The van der Waals surface area contributed by atoms with Crippen molar-refractivity contribution in [2.75, 3.05) is 6.61 Å². The minimum atomic E-state index is -0.515. The molecule has 0 aliphatic rings. The van der Waals surface area contributed by atoms with Gasteiger partial charge in [0, 0.05) is 5.56 Å². The molecule has 1 unspecified atom stereocenters. The van der Waals surface area contributed by atoms with Gasteiger partial charge >= 0.3 is 0 Å². The SMILES string of the molecule is CC(C)COc1ccccc1C(CC(C)C)NC(=O)[C@H](C)N. The van der Waals surface area contributed by atoms with E-state index in [0.29, 0.717) is 18.4 Å². The molecule has 124 valence electrons. The molecule has 22 heavy (non-hydrogen) atoms. The van der Waals surface area contributed by atoms with Crippen LogP contribution in [0.5, 0.6) is 5.75 Å². The van der Waals surface area contributed by atoms with Gasteiger partial charge in [-0.2, -0.15) is 0 Å². The number of nitrogens with one attached hydrogen (secondary N) is 1. The van der Waals surface area contributed by atoms with Crippen molar-refractivity contribution in [2.45, 2.75) is 53.1 Å². The van der Waals surface area contributed by atoms with Crippen molar-refractivity contribution in [1.82, 2.24) is 5.32 Å². The van der Waals surface area contributed by atoms with E-state index in [-0.39, 0.29) is 11.9 Å². The Balaban J connectivity index is 2.99. The predicted octanol–water partition coefficient (Wildman–Crippen LogP) is 3.27. The summed E-state index contributed by atoms with van der Waals surface area (Å²) in [4.78, 5) is 12.0. The van der Waals surface area contributed by atoms with Crippen molar-refractivity contribution in [1.29, 1.82) is 0 Å². The maximum atomic E-state index is 12.0.